The number of aliphatic hydroxyl groups excluding tert-OH is 1. The number of aliphatic hydroxyl groups is 1. The maximum atomic E-state index is 12.0. The molecule has 6 nitrogen and oxygen atoms in total. The Bertz CT molecular complexity index is 597. The van der Waals surface area contributed by atoms with Gasteiger partial charge < -0.3 is 5.11 Å². The van der Waals surface area contributed by atoms with E-state index in [4.69, 9.17) is 0 Å². The van der Waals surface area contributed by atoms with E-state index in [2.05, 4.69) is 26.2 Å². The molecule has 0 radical (unpaired) electrons. The monoisotopic (exact) mass is 276 g/mol. The van der Waals surface area contributed by atoms with Gasteiger partial charge in [-0.3, -0.25) is 9.59 Å². The predicted octanol–water partition coefficient (Wildman–Crippen LogP) is 0.501. The zero-order valence-corrected chi connectivity index (χ0v) is 12.0. The second-order valence-electron chi connectivity index (χ2n) is 5.61. The van der Waals surface area contributed by atoms with Crippen molar-refractivity contribution in [3.8, 4) is 0 Å². The van der Waals surface area contributed by atoms with E-state index in [0.717, 1.165) is 10.6 Å². The average Bonchev–Trinajstić information content (AvgIpc) is 2.59. The van der Waals surface area contributed by atoms with Gasteiger partial charge in [0, 0.05) is 19.2 Å². The number of hydrogen-bond acceptors (Lipinski definition) is 4. The van der Waals surface area contributed by atoms with Gasteiger partial charge in [-0.05, 0) is 11.0 Å². The highest BCUT2D eigenvalue weighted by Crippen LogP contribution is 2.21. The molecular weight excluding hydrogens is 258 g/mol. The van der Waals surface area contributed by atoms with Gasteiger partial charge in [0.05, 0.1) is 0 Å². The van der Waals surface area contributed by atoms with Crippen molar-refractivity contribution in [3.05, 3.63) is 35.8 Å². The third-order valence-electron chi connectivity index (χ3n) is 3.21. The Balaban J connectivity index is 2.42. The summed E-state index contributed by atoms with van der Waals surface area (Å²) in [5.74, 6) is -1.89. The summed E-state index contributed by atoms with van der Waals surface area (Å²) in [7, 11) is 1.44. The number of nitrogens with zero attached hydrogens (tertiary/aromatic N) is 2. The van der Waals surface area contributed by atoms with Crippen LogP contribution < -0.4 is 9.99 Å². The highest BCUT2D eigenvalue weighted by Gasteiger charge is 2.45. The molecule has 2 N–H and O–H groups in total. The molecule has 20 heavy (non-hydrogen) atoms. The van der Waals surface area contributed by atoms with E-state index in [1.807, 2.05) is 12.1 Å². The Morgan fingerprint density at radius 3 is 2.10 bits per heavy atom. The minimum absolute atomic E-state index is 0.0119. The van der Waals surface area contributed by atoms with Crippen LogP contribution in [0.2, 0.25) is 0 Å². The van der Waals surface area contributed by atoms with E-state index in [9.17, 15) is 14.7 Å². The molecule has 1 aliphatic heterocycles. The Hall–Kier alpha value is -2.21. The Morgan fingerprint density at radius 1 is 1.15 bits per heavy atom. The van der Waals surface area contributed by atoms with Crippen LogP contribution in [0.1, 0.15) is 26.3 Å². The van der Waals surface area contributed by atoms with Crippen molar-refractivity contribution in [1.29, 1.82) is 0 Å². The van der Waals surface area contributed by atoms with Crippen LogP contribution in [0.5, 0.6) is 0 Å². The van der Waals surface area contributed by atoms with Crippen LogP contribution in [0.4, 0.5) is 0 Å². The molecule has 2 heterocycles. The number of nitrogens with one attached hydrogen (secondary N) is 1. The lowest BCUT2D eigenvalue weighted by atomic mass is 9.88. The second-order valence-corrected chi connectivity index (χ2v) is 5.61. The number of hydrogen-bond donors (Lipinski definition) is 2. The molecule has 0 unspecified atom stereocenters. The molecule has 0 saturated carbocycles. The maximum Gasteiger partial charge on any atom is 0.344 e. The molecule has 1 aromatic rings. The number of carbonyl (C=O) groups excluding carboxylic acids is 2. The topological polar surface area (TPSA) is 73.5 Å². The van der Waals surface area contributed by atoms with Gasteiger partial charge in [0.25, 0.3) is 5.76 Å². The first-order valence-corrected chi connectivity index (χ1v) is 6.29. The molecular formula is C14H18N3O3+. The first-order valence-electron chi connectivity index (χ1n) is 6.29. The summed E-state index contributed by atoms with van der Waals surface area (Å²) in [6.45, 7) is 6.24. The number of carbonyl (C=O) groups is 2. The Morgan fingerprint density at radius 2 is 1.70 bits per heavy atom. The number of pyridine rings is 1. The number of rotatable bonds is 2. The molecule has 0 bridgehead atoms. The molecule has 0 aliphatic carbocycles. The van der Waals surface area contributed by atoms with Crippen molar-refractivity contribution in [2.24, 2.45) is 0 Å². The standard InChI is InChI=1S/C14H17N3O3/c1-14(2,3)9-5-7-16(8-6-9)10-11(18)13(20)17(15-4)12(10)19/h5-8,15H,1-4H3/p+1. The first-order chi connectivity index (χ1) is 9.27. The highest BCUT2D eigenvalue weighted by molar-refractivity contribution is 6.28. The zero-order valence-electron chi connectivity index (χ0n) is 12.0. The molecule has 2 rings (SSSR count). The lowest BCUT2D eigenvalue weighted by molar-refractivity contribution is -0.578. The average molecular weight is 276 g/mol. The van der Waals surface area contributed by atoms with Crippen molar-refractivity contribution < 1.29 is 19.3 Å². The van der Waals surface area contributed by atoms with Crippen molar-refractivity contribution >= 4 is 17.5 Å². The third kappa shape index (κ3) is 2.18. The summed E-state index contributed by atoms with van der Waals surface area (Å²) in [5.41, 5.74) is 3.48. The van der Waals surface area contributed by atoms with E-state index in [1.54, 1.807) is 12.4 Å². The summed E-state index contributed by atoms with van der Waals surface area (Å²) in [6, 6.07) is 3.72. The lowest BCUT2D eigenvalue weighted by Crippen LogP contribution is -2.44. The predicted molar refractivity (Wildman–Crippen MR) is 72.1 cm³/mol. The Labute approximate surface area is 117 Å². The van der Waals surface area contributed by atoms with E-state index < -0.39 is 17.6 Å². The van der Waals surface area contributed by atoms with E-state index >= 15 is 0 Å². The van der Waals surface area contributed by atoms with Gasteiger partial charge in [-0.2, -0.15) is 9.58 Å². The van der Waals surface area contributed by atoms with Crippen LogP contribution in [0.15, 0.2) is 30.3 Å². The second kappa shape index (κ2) is 4.72. The molecule has 0 atom stereocenters. The molecule has 6 heteroatoms. The summed E-state index contributed by atoms with van der Waals surface area (Å²) in [4.78, 5) is 23.7. The van der Waals surface area contributed by atoms with Gasteiger partial charge >= 0.3 is 17.5 Å². The quantitative estimate of drug-likeness (QED) is 0.609. The number of imide groups is 1. The van der Waals surface area contributed by atoms with Crippen LogP contribution in [0, 0.1) is 0 Å². The van der Waals surface area contributed by atoms with E-state index in [1.165, 1.54) is 11.6 Å². The lowest BCUT2D eigenvalue weighted by Gasteiger charge is -2.17. The van der Waals surface area contributed by atoms with E-state index in [-0.39, 0.29) is 11.1 Å². The largest absolute Gasteiger partial charge is 0.498 e. The number of amides is 2. The molecule has 0 saturated heterocycles. The molecule has 2 amide bonds. The van der Waals surface area contributed by atoms with Gasteiger partial charge in [0.1, 0.15) is 0 Å². The van der Waals surface area contributed by atoms with Crippen LogP contribution in [0.3, 0.4) is 0 Å². The fourth-order valence-corrected chi connectivity index (χ4v) is 2.02. The number of aromatic nitrogens is 1. The fraction of sp³-hybridized carbons (Fsp3) is 0.357. The molecule has 1 aliphatic rings. The van der Waals surface area contributed by atoms with E-state index in [0.29, 0.717) is 0 Å². The first kappa shape index (κ1) is 14.2. The normalized spacial score (nSPS) is 16.3. The maximum absolute atomic E-state index is 12.0. The molecule has 0 spiro atoms. The Kier molecular flexibility index (Phi) is 3.35. The van der Waals surface area contributed by atoms with Crippen LogP contribution in [-0.2, 0) is 15.0 Å². The van der Waals surface area contributed by atoms with Gasteiger partial charge in [0.2, 0.25) is 0 Å². The zero-order chi connectivity index (χ0) is 15.1. The molecule has 0 aromatic carbocycles. The summed E-state index contributed by atoms with van der Waals surface area (Å²) >= 11 is 0. The smallest absolute Gasteiger partial charge is 0.344 e. The minimum atomic E-state index is -0.750. The van der Waals surface area contributed by atoms with Gasteiger partial charge in [0.15, 0.2) is 12.4 Å². The van der Waals surface area contributed by atoms with Gasteiger partial charge in [-0.15, -0.1) is 0 Å². The third-order valence-corrected chi connectivity index (χ3v) is 3.21. The van der Waals surface area contributed by atoms with Gasteiger partial charge in [-0.25, -0.2) is 5.43 Å². The fourth-order valence-electron chi connectivity index (χ4n) is 2.02. The summed E-state index contributed by atoms with van der Waals surface area (Å²) in [6.07, 6.45) is 3.33. The molecule has 0 fully saturated rings. The highest BCUT2D eigenvalue weighted by atomic mass is 16.3. The summed E-state index contributed by atoms with van der Waals surface area (Å²) in [5, 5.41) is 10.6. The minimum Gasteiger partial charge on any atom is -0.498 e. The van der Waals surface area contributed by atoms with Crippen LogP contribution in [0.25, 0.3) is 5.70 Å². The van der Waals surface area contributed by atoms with Crippen molar-refractivity contribution in [2.45, 2.75) is 26.2 Å². The van der Waals surface area contributed by atoms with Crippen molar-refractivity contribution in [1.82, 2.24) is 10.4 Å². The van der Waals surface area contributed by atoms with Crippen molar-refractivity contribution in [2.75, 3.05) is 7.05 Å². The van der Waals surface area contributed by atoms with Gasteiger partial charge in [-0.1, -0.05) is 20.8 Å². The van der Waals surface area contributed by atoms with Crippen LogP contribution in [-0.4, -0.2) is 29.0 Å². The molecule has 1 aromatic heterocycles. The van der Waals surface area contributed by atoms with Crippen LogP contribution >= 0.6 is 0 Å². The SMILES string of the molecule is CNN1C(=O)C(O)=C([n+]2ccc(C(C)(C)C)cc2)C1=O. The number of hydrazine groups is 1. The summed E-state index contributed by atoms with van der Waals surface area (Å²) < 4.78 is 1.45. The molecule has 106 valence electrons. The van der Waals surface area contributed by atoms with Crippen molar-refractivity contribution in [3.63, 3.8) is 0 Å².